The summed E-state index contributed by atoms with van der Waals surface area (Å²) in [7, 11) is 0. The smallest absolute Gasteiger partial charge is 0.182 e. The summed E-state index contributed by atoms with van der Waals surface area (Å²) in [6.45, 7) is 8.28. The predicted octanol–water partition coefficient (Wildman–Crippen LogP) is 5.02. The van der Waals surface area contributed by atoms with E-state index in [4.69, 9.17) is 0 Å². The number of unbranched alkanes of at least 4 members (excludes halogenated alkanes) is 3. The first-order valence-electron chi connectivity index (χ1n) is 8.54. The summed E-state index contributed by atoms with van der Waals surface area (Å²) in [5, 5.41) is 22.3. The monoisotopic (exact) mass is 305 g/mol. The number of phenolic OH excluding ortho intramolecular Hbond substituents is 1. The fourth-order valence-electron chi connectivity index (χ4n) is 2.48. The molecule has 0 fully saturated rings. The molecule has 0 heterocycles. The van der Waals surface area contributed by atoms with Crippen LogP contribution < -0.4 is 0 Å². The fourth-order valence-corrected chi connectivity index (χ4v) is 2.48. The Balaban J connectivity index is 2.86. The Kier molecular flexibility index (Phi) is 7.43. The van der Waals surface area contributed by atoms with Crippen LogP contribution in [0.1, 0.15) is 77.3 Å². The molecule has 3 heteroatoms. The predicted molar refractivity (Wildman–Crippen MR) is 93.7 cm³/mol. The van der Waals surface area contributed by atoms with Crippen LogP contribution in [-0.4, -0.2) is 21.6 Å². The molecule has 124 valence electrons. The van der Waals surface area contributed by atoms with E-state index in [0.717, 1.165) is 60.8 Å². The molecule has 0 saturated heterocycles. The molecule has 0 unspecified atom stereocenters. The highest BCUT2D eigenvalue weighted by molar-refractivity contribution is 5.76. The van der Waals surface area contributed by atoms with Crippen molar-refractivity contribution >= 4 is 6.21 Å². The van der Waals surface area contributed by atoms with E-state index in [9.17, 15) is 10.3 Å². The highest BCUT2D eigenvalue weighted by Gasteiger charge is 2.25. The first kappa shape index (κ1) is 18.5. The van der Waals surface area contributed by atoms with Crippen molar-refractivity contribution in [3.63, 3.8) is 0 Å². The van der Waals surface area contributed by atoms with Crippen LogP contribution in [0.25, 0.3) is 0 Å². The number of aromatic hydroxyl groups is 1. The maximum Gasteiger partial charge on any atom is 0.182 e. The highest BCUT2D eigenvalue weighted by Crippen LogP contribution is 2.21. The third kappa shape index (κ3) is 5.70. The van der Waals surface area contributed by atoms with E-state index >= 15 is 0 Å². The second-order valence-electron chi connectivity index (χ2n) is 6.72. The van der Waals surface area contributed by atoms with Crippen LogP contribution in [0.5, 0.6) is 5.75 Å². The van der Waals surface area contributed by atoms with E-state index < -0.39 is 5.54 Å². The summed E-state index contributed by atoms with van der Waals surface area (Å²) in [5.41, 5.74) is 1.40. The lowest BCUT2D eigenvalue weighted by atomic mass is 9.97. The topological polar surface area (TPSA) is 46.3 Å². The van der Waals surface area contributed by atoms with Crippen molar-refractivity contribution in [3.05, 3.63) is 34.5 Å². The summed E-state index contributed by atoms with van der Waals surface area (Å²) >= 11 is 0. The van der Waals surface area contributed by atoms with Gasteiger partial charge in [-0.15, -0.1) is 0 Å². The van der Waals surface area contributed by atoms with Gasteiger partial charge >= 0.3 is 0 Å². The zero-order chi connectivity index (χ0) is 16.6. The Morgan fingerprint density at radius 3 is 2.45 bits per heavy atom. The third-order valence-electron chi connectivity index (χ3n) is 4.16. The van der Waals surface area contributed by atoms with Crippen LogP contribution >= 0.6 is 0 Å². The Morgan fingerprint density at radius 1 is 1.14 bits per heavy atom. The second-order valence-corrected chi connectivity index (χ2v) is 6.72. The molecule has 0 atom stereocenters. The minimum atomic E-state index is -0.392. The minimum absolute atomic E-state index is 0.324. The molecule has 0 bridgehead atoms. The molecule has 1 N–H and O–H groups in total. The van der Waals surface area contributed by atoms with Gasteiger partial charge in [-0.05, 0) is 43.0 Å². The van der Waals surface area contributed by atoms with Gasteiger partial charge in [0.2, 0.25) is 0 Å². The lowest BCUT2D eigenvalue weighted by Crippen LogP contribution is -2.33. The molecule has 1 aromatic carbocycles. The van der Waals surface area contributed by atoms with E-state index in [1.54, 1.807) is 18.3 Å². The second kappa shape index (κ2) is 8.82. The summed E-state index contributed by atoms with van der Waals surface area (Å²) in [4.78, 5) is 0. The third-order valence-corrected chi connectivity index (χ3v) is 4.16. The van der Waals surface area contributed by atoms with Crippen LogP contribution in [0.3, 0.4) is 0 Å². The van der Waals surface area contributed by atoms with Crippen LogP contribution in [0.15, 0.2) is 18.2 Å². The zero-order valence-electron chi connectivity index (χ0n) is 14.6. The Morgan fingerprint density at radius 2 is 1.82 bits per heavy atom. The van der Waals surface area contributed by atoms with Gasteiger partial charge in [0.1, 0.15) is 5.75 Å². The summed E-state index contributed by atoms with van der Waals surface area (Å²) in [6.07, 6.45) is 8.93. The molecule has 0 amide bonds. The minimum Gasteiger partial charge on any atom is -0.623 e. The number of benzene rings is 1. The fraction of sp³-hybridized carbons (Fsp3) is 0.632. The molecule has 0 spiro atoms. The van der Waals surface area contributed by atoms with Crippen LogP contribution in [-0.2, 0) is 6.42 Å². The Bertz CT molecular complexity index is 492. The molecule has 0 aromatic heterocycles. The molecule has 22 heavy (non-hydrogen) atoms. The van der Waals surface area contributed by atoms with Gasteiger partial charge in [-0.3, -0.25) is 0 Å². The van der Waals surface area contributed by atoms with E-state index in [0.29, 0.717) is 5.75 Å². The molecule has 3 nitrogen and oxygen atoms in total. The number of hydrogen-bond acceptors (Lipinski definition) is 2. The molecule has 0 saturated carbocycles. The summed E-state index contributed by atoms with van der Waals surface area (Å²) in [5.74, 6) is 0.324. The van der Waals surface area contributed by atoms with Gasteiger partial charge in [-0.2, -0.15) is 0 Å². The van der Waals surface area contributed by atoms with Crippen LogP contribution in [0.4, 0.5) is 0 Å². The molecule has 0 aliphatic carbocycles. The number of rotatable bonds is 9. The van der Waals surface area contributed by atoms with E-state index in [2.05, 4.69) is 13.8 Å². The average molecular weight is 305 g/mol. The van der Waals surface area contributed by atoms with Crippen LogP contribution in [0.2, 0.25) is 0 Å². The Labute approximate surface area is 135 Å². The lowest BCUT2D eigenvalue weighted by Gasteiger charge is -2.24. The molecular weight excluding hydrogens is 274 g/mol. The van der Waals surface area contributed by atoms with E-state index in [1.165, 1.54) is 0 Å². The number of phenols is 1. The number of hydroxylamine groups is 1. The van der Waals surface area contributed by atoms with Crippen molar-refractivity contribution < 1.29 is 9.85 Å². The maximum absolute atomic E-state index is 12.4. The quantitative estimate of drug-likeness (QED) is 0.229. The molecular formula is C19H31NO2. The van der Waals surface area contributed by atoms with Crippen LogP contribution in [0, 0.1) is 5.21 Å². The SMILES string of the molecule is CCCCCC(C)(C)[N+]([O-])=Cc1ccc(O)c(CCCC)c1. The zero-order valence-corrected chi connectivity index (χ0v) is 14.6. The number of aryl methyl sites for hydroxylation is 1. The number of nitrogens with zero attached hydrogens (tertiary/aromatic N) is 1. The van der Waals surface area contributed by atoms with Crippen molar-refractivity contribution in [1.82, 2.24) is 0 Å². The van der Waals surface area contributed by atoms with Crippen molar-refractivity contribution in [3.8, 4) is 5.75 Å². The van der Waals surface area contributed by atoms with Gasteiger partial charge in [0.15, 0.2) is 11.8 Å². The van der Waals surface area contributed by atoms with Gasteiger partial charge in [0.05, 0.1) is 0 Å². The van der Waals surface area contributed by atoms with Gasteiger partial charge < -0.3 is 10.3 Å². The van der Waals surface area contributed by atoms with Crippen molar-refractivity contribution in [2.24, 2.45) is 0 Å². The molecule has 0 aliphatic rings. The van der Waals surface area contributed by atoms with Gasteiger partial charge in [0.25, 0.3) is 0 Å². The van der Waals surface area contributed by atoms with Gasteiger partial charge in [-0.25, -0.2) is 4.74 Å². The average Bonchev–Trinajstić information content (AvgIpc) is 2.47. The molecule has 0 radical (unpaired) electrons. The first-order valence-corrected chi connectivity index (χ1v) is 8.54. The van der Waals surface area contributed by atoms with Gasteiger partial charge in [-0.1, -0.05) is 33.1 Å². The maximum atomic E-state index is 12.4. The lowest BCUT2D eigenvalue weighted by molar-refractivity contribution is -0.537. The molecule has 1 rings (SSSR count). The highest BCUT2D eigenvalue weighted by atomic mass is 16.5. The van der Waals surface area contributed by atoms with E-state index in [-0.39, 0.29) is 0 Å². The summed E-state index contributed by atoms with van der Waals surface area (Å²) < 4.78 is 1.07. The van der Waals surface area contributed by atoms with Gasteiger partial charge in [0, 0.05) is 25.8 Å². The number of hydrogen-bond donors (Lipinski definition) is 1. The molecule has 1 aromatic rings. The first-order chi connectivity index (χ1) is 10.4. The van der Waals surface area contributed by atoms with Crippen molar-refractivity contribution in [2.45, 2.75) is 78.2 Å². The molecule has 0 aliphatic heterocycles. The van der Waals surface area contributed by atoms with Crippen molar-refractivity contribution in [1.29, 1.82) is 0 Å². The van der Waals surface area contributed by atoms with E-state index in [1.807, 2.05) is 19.9 Å². The largest absolute Gasteiger partial charge is 0.623 e. The summed E-state index contributed by atoms with van der Waals surface area (Å²) in [6, 6.07) is 5.42. The standard InChI is InChI=1S/C19H31NO2/c1-5-7-9-13-19(3,4)20(22)15-16-11-12-18(21)17(14-16)10-8-6-2/h11-12,14-15,21H,5-10,13H2,1-4H3. The van der Waals surface area contributed by atoms with Crippen molar-refractivity contribution in [2.75, 3.05) is 0 Å². The normalized spacial score (nSPS) is 12.6. The Hall–Kier alpha value is -1.51.